The van der Waals surface area contributed by atoms with Crippen molar-refractivity contribution in [1.82, 2.24) is 24.8 Å². The van der Waals surface area contributed by atoms with E-state index in [0.29, 0.717) is 48.8 Å². The van der Waals surface area contributed by atoms with Gasteiger partial charge in [0.1, 0.15) is 5.52 Å². The third kappa shape index (κ3) is 4.70. The molecule has 10 nitrogen and oxygen atoms in total. The molecule has 1 aromatic carbocycles. The molecular formula is C24H24N6O4. The van der Waals surface area contributed by atoms with Crippen molar-refractivity contribution in [2.75, 3.05) is 19.1 Å². The van der Waals surface area contributed by atoms with E-state index in [9.17, 15) is 4.79 Å². The largest absolute Gasteiger partial charge is 0.454 e. The van der Waals surface area contributed by atoms with Gasteiger partial charge in [0.05, 0.1) is 24.3 Å². The molecule has 1 aliphatic rings. The van der Waals surface area contributed by atoms with Crippen LogP contribution in [0.4, 0.5) is 10.5 Å². The van der Waals surface area contributed by atoms with E-state index in [1.165, 1.54) is 0 Å². The van der Waals surface area contributed by atoms with Crippen molar-refractivity contribution >= 4 is 22.9 Å². The minimum absolute atomic E-state index is 0.221. The molecule has 0 radical (unpaired) electrons. The molecular weight excluding hydrogens is 436 g/mol. The van der Waals surface area contributed by atoms with Gasteiger partial charge in [-0.25, -0.2) is 14.8 Å². The van der Waals surface area contributed by atoms with Crippen LogP contribution in [-0.2, 0) is 17.8 Å². The molecule has 0 aliphatic carbocycles. The maximum atomic E-state index is 12.0. The zero-order chi connectivity index (χ0) is 23.3. The quantitative estimate of drug-likeness (QED) is 0.383. The number of nitrogens with one attached hydrogen (secondary N) is 1. The number of rotatable bonds is 8. The summed E-state index contributed by atoms with van der Waals surface area (Å²) in [7, 11) is 0. The van der Waals surface area contributed by atoms with E-state index in [0.717, 1.165) is 28.9 Å². The second kappa shape index (κ2) is 9.65. The summed E-state index contributed by atoms with van der Waals surface area (Å²) in [6, 6.07) is 11.2. The number of hydrogen-bond donors (Lipinski definition) is 2. The molecule has 34 heavy (non-hydrogen) atoms. The molecule has 174 valence electrons. The highest BCUT2D eigenvalue weighted by Gasteiger charge is 2.14. The minimum atomic E-state index is -0.456. The number of fused-ring (bicyclic) bond motifs is 2. The lowest BCUT2D eigenvalue weighted by Gasteiger charge is -2.09. The fourth-order valence-electron chi connectivity index (χ4n) is 3.72. The maximum Gasteiger partial charge on any atom is 0.407 e. The van der Waals surface area contributed by atoms with Gasteiger partial charge in [0, 0.05) is 31.0 Å². The average molecular weight is 460 g/mol. The van der Waals surface area contributed by atoms with Crippen LogP contribution in [0.1, 0.15) is 18.4 Å². The Bertz CT molecular complexity index is 1310. The molecule has 0 saturated heterocycles. The fraction of sp³-hybridized carbons (Fsp3) is 0.250. The van der Waals surface area contributed by atoms with Crippen LogP contribution in [0.3, 0.4) is 0 Å². The van der Waals surface area contributed by atoms with E-state index in [2.05, 4.69) is 15.3 Å². The van der Waals surface area contributed by atoms with Crippen molar-refractivity contribution in [2.24, 2.45) is 0 Å². The third-order valence-corrected chi connectivity index (χ3v) is 5.48. The number of benzene rings is 1. The second-order valence-electron chi connectivity index (χ2n) is 7.83. The molecule has 3 aromatic heterocycles. The van der Waals surface area contributed by atoms with Gasteiger partial charge in [-0.2, -0.15) is 0 Å². The molecule has 0 atom stereocenters. The van der Waals surface area contributed by atoms with E-state index < -0.39 is 6.09 Å². The molecule has 4 aromatic rings. The minimum Gasteiger partial charge on any atom is -0.454 e. The highest BCUT2D eigenvalue weighted by atomic mass is 16.7. The molecule has 5 rings (SSSR count). The number of aryl methyl sites for hydroxylation is 1. The summed E-state index contributed by atoms with van der Waals surface area (Å²) in [6.45, 7) is 1.57. The summed E-state index contributed by atoms with van der Waals surface area (Å²) < 4.78 is 17.9. The van der Waals surface area contributed by atoms with Crippen molar-refractivity contribution in [3.8, 4) is 22.8 Å². The molecule has 0 unspecified atom stereocenters. The number of imidazole rings is 1. The number of hydrogen-bond acceptors (Lipinski definition) is 8. The number of nitrogen functional groups attached to an aromatic ring is 1. The van der Waals surface area contributed by atoms with E-state index in [1.54, 1.807) is 18.7 Å². The fourth-order valence-corrected chi connectivity index (χ4v) is 3.72. The van der Waals surface area contributed by atoms with Crippen molar-refractivity contribution < 1.29 is 19.0 Å². The third-order valence-electron chi connectivity index (χ3n) is 5.48. The number of pyridine rings is 2. The van der Waals surface area contributed by atoms with Gasteiger partial charge in [-0.05, 0) is 48.7 Å². The van der Waals surface area contributed by atoms with Crippen LogP contribution in [0.15, 0.2) is 55.1 Å². The van der Waals surface area contributed by atoms with Crippen LogP contribution < -0.4 is 20.5 Å². The Morgan fingerprint density at radius 1 is 1.12 bits per heavy atom. The number of nitrogens with two attached hydrogens (primary N) is 1. The molecule has 0 saturated carbocycles. The maximum absolute atomic E-state index is 12.0. The first-order valence-electron chi connectivity index (χ1n) is 11.0. The summed E-state index contributed by atoms with van der Waals surface area (Å²) in [5.74, 6) is 1.40. The Hall–Kier alpha value is -4.34. The Labute approximate surface area is 195 Å². The standard InChI is InChI=1S/C24H24N6O4/c25-18-12-19(17-5-7-26-8-6-17)29-23-22(18)28-14-30(23)9-1-2-10-32-24(31)27-13-16-3-4-20-21(11-16)34-15-33-20/h3-8,11-12,14H,1-2,9-10,13,15H2,(H2,25,29)(H,27,31). The molecule has 10 heteroatoms. The lowest BCUT2D eigenvalue weighted by molar-refractivity contribution is 0.143. The molecule has 3 N–H and O–H groups in total. The van der Waals surface area contributed by atoms with Crippen molar-refractivity contribution in [2.45, 2.75) is 25.9 Å². The number of unbranched alkanes of at least 4 members (excludes halogenated alkanes) is 1. The topological polar surface area (TPSA) is 126 Å². The van der Waals surface area contributed by atoms with Gasteiger partial charge >= 0.3 is 6.09 Å². The van der Waals surface area contributed by atoms with Gasteiger partial charge in [0.25, 0.3) is 0 Å². The molecule has 0 fully saturated rings. The summed E-state index contributed by atoms with van der Waals surface area (Å²) in [4.78, 5) is 25.2. The Morgan fingerprint density at radius 3 is 2.85 bits per heavy atom. The second-order valence-corrected chi connectivity index (χ2v) is 7.83. The predicted octanol–water partition coefficient (Wildman–Crippen LogP) is 3.51. The first-order valence-corrected chi connectivity index (χ1v) is 11.0. The van der Waals surface area contributed by atoms with Gasteiger partial charge in [0.15, 0.2) is 17.1 Å². The smallest absolute Gasteiger partial charge is 0.407 e. The number of aromatic nitrogens is 4. The van der Waals surface area contributed by atoms with Crippen LogP contribution in [0.25, 0.3) is 22.4 Å². The van der Waals surface area contributed by atoms with Crippen molar-refractivity contribution in [3.05, 3.63) is 60.7 Å². The van der Waals surface area contributed by atoms with Gasteiger partial charge < -0.3 is 29.8 Å². The molecule has 1 aliphatic heterocycles. The lowest BCUT2D eigenvalue weighted by Crippen LogP contribution is -2.24. The Kier molecular flexibility index (Phi) is 6.11. The van der Waals surface area contributed by atoms with E-state index >= 15 is 0 Å². The molecule has 0 bridgehead atoms. The van der Waals surface area contributed by atoms with Crippen LogP contribution in [0.2, 0.25) is 0 Å². The van der Waals surface area contributed by atoms with E-state index in [4.69, 9.17) is 24.9 Å². The summed E-state index contributed by atoms with van der Waals surface area (Å²) >= 11 is 0. The first kappa shape index (κ1) is 21.5. The van der Waals surface area contributed by atoms with Crippen LogP contribution in [-0.4, -0.2) is 39.0 Å². The summed E-state index contributed by atoms with van der Waals surface area (Å²) in [6.07, 6.45) is 6.23. The zero-order valence-electron chi connectivity index (χ0n) is 18.4. The average Bonchev–Trinajstić information content (AvgIpc) is 3.50. The van der Waals surface area contributed by atoms with E-state index in [-0.39, 0.29) is 6.79 Å². The number of ether oxygens (including phenoxy) is 3. The van der Waals surface area contributed by atoms with Gasteiger partial charge in [0.2, 0.25) is 6.79 Å². The monoisotopic (exact) mass is 460 g/mol. The van der Waals surface area contributed by atoms with Gasteiger partial charge in [-0.15, -0.1) is 0 Å². The summed E-state index contributed by atoms with van der Waals surface area (Å²) in [5.41, 5.74) is 10.8. The molecule has 1 amide bonds. The number of amides is 1. The van der Waals surface area contributed by atoms with Crippen LogP contribution in [0, 0.1) is 0 Å². The Morgan fingerprint density at radius 2 is 1.97 bits per heavy atom. The van der Waals surface area contributed by atoms with E-state index in [1.807, 2.05) is 41.0 Å². The molecule has 4 heterocycles. The molecule has 0 spiro atoms. The highest BCUT2D eigenvalue weighted by molar-refractivity contribution is 5.87. The SMILES string of the molecule is Nc1cc(-c2ccncc2)nc2c1ncn2CCCCOC(=O)NCc1ccc2c(c1)OCO2. The number of nitrogens with zero attached hydrogens (tertiary/aromatic N) is 4. The Balaban J connectivity index is 1.10. The van der Waals surface area contributed by atoms with Gasteiger partial charge in [-0.1, -0.05) is 6.07 Å². The highest BCUT2D eigenvalue weighted by Crippen LogP contribution is 2.32. The zero-order valence-corrected chi connectivity index (χ0v) is 18.4. The summed E-state index contributed by atoms with van der Waals surface area (Å²) in [5, 5.41) is 2.75. The normalized spacial score (nSPS) is 12.1. The first-order chi connectivity index (χ1) is 16.7. The number of carbonyl (C=O) groups is 1. The van der Waals surface area contributed by atoms with Crippen molar-refractivity contribution in [1.29, 1.82) is 0 Å². The lowest BCUT2D eigenvalue weighted by atomic mass is 10.1. The number of carbonyl (C=O) groups excluding carboxylic acids is 1. The predicted molar refractivity (Wildman–Crippen MR) is 125 cm³/mol. The van der Waals surface area contributed by atoms with Crippen molar-refractivity contribution in [3.63, 3.8) is 0 Å². The van der Waals surface area contributed by atoms with Gasteiger partial charge in [-0.3, -0.25) is 4.98 Å². The van der Waals surface area contributed by atoms with Crippen LogP contribution >= 0.6 is 0 Å². The number of alkyl carbamates (subject to hydrolysis) is 1. The van der Waals surface area contributed by atoms with Crippen LogP contribution in [0.5, 0.6) is 11.5 Å². The number of anilines is 1.